The van der Waals surface area contributed by atoms with Gasteiger partial charge in [0, 0.05) is 22.2 Å². The van der Waals surface area contributed by atoms with Gasteiger partial charge in [0.2, 0.25) is 0 Å². The van der Waals surface area contributed by atoms with E-state index in [0.717, 1.165) is 28.3 Å². The fourth-order valence-electron chi connectivity index (χ4n) is 3.88. The van der Waals surface area contributed by atoms with E-state index in [2.05, 4.69) is 24.4 Å². The van der Waals surface area contributed by atoms with Crippen LogP contribution in [0.4, 0.5) is 10.1 Å². The fourth-order valence-corrected chi connectivity index (χ4v) is 4.16. The van der Waals surface area contributed by atoms with Crippen LogP contribution in [0.5, 0.6) is 0 Å². The summed E-state index contributed by atoms with van der Waals surface area (Å²) in [6, 6.07) is 11.1. The summed E-state index contributed by atoms with van der Waals surface area (Å²) < 4.78 is 14.3. The Morgan fingerprint density at radius 1 is 1.18 bits per heavy atom. The lowest BCUT2D eigenvalue weighted by Crippen LogP contribution is -2.30. The third-order valence-corrected chi connectivity index (χ3v) is 5.09. The van der Waals surface area contributed by atoms with Gasteiger partial charge in [-0.25, -0.2) is 4.39 Å². The molecule has 2 aromatic rings. The molecular formula is C19H17ClFN. The first kappa shape index (κ1) is 13.8. The number of halogens is 2. The van der Waals surface area contributed by atoms with Crippen molar-refractivity contribution in [3.05, 3.63) is 76.1 Å². The Labute approximate surface area is 134 Å². The molecule has 1 heterocycles. The summed E-state index contributed by atoms with van der Waals surface area (Å²) in [6.45, 7) is 2.05. The van der Waals surface area contributed by atoms with Gasteiger partial charge >= 0.3 is 0 Å². The van der Waals surface area contributed by atoms with Crippen LogP contribution < -0.4 is 5.32 Å². The number of anilines is 1. The molecule has 0 radical (unpaired) electrons. The zero-order chi connectivity index (χ0) is 15.3. The Balaban J connectivity index is 1.86. The predicted molar refractivity (Wildman–Crippen MR) is 88.9 cm³/mol. The van der Waals surface area contributed by atoms with Gasteiger partial charge in [-0.1, -0.05) is 42.0 Å². The number of hydrogen-bond acceptors (Lipinski definition) is 1. The Hall–Kier alpha value is -1.80. The number of fused-ring (bicyclic) bond motifs is 3. The van der Waals surface area contributed by atoms with Crippen LogP contribution in [0.1, 0.15) is 35.1 Å². The molecule has 2 aromatic carbocycles. The van der Waals surface area contributed by atoms with Crippen molar-refractivity contribution in [1.82, 2.24) is 0 Å². The number of hydrogen-bond donors (Lipinski definition) is 1. The van der Waals surface area contributed by atoms with Gasteiger partial charge in [-0.3, -0.25) is 0 Å². The fraction of sp³-hybridized carbons (Fsp3) is 0.263. The van der Waals surface area contributed by atoms with Gasteiger partial charge in [-0.15, -0.1) is 0 Å². The summed E-state index contributed by atoms with van der Waals surface area (Å²) in [4.78, 5) is 0. The van der Waals surface area contributed by atoms with Crippen LogP contribution >= 0.6 is 11.6 Å². The maximum absolute atomic E-state index is 14.3. The molecule has 1 N–H and O–H groups in total. The second kappa shape index (κ2) is 5.13. The van der Waals surface area contributed by atoms with Crippen LogP contribution in [0.15, 0.2) is 48.6 Å². The smallest absolute Gasteiger partial charge is 0.128 e. The molecule has 0 aromatic heterocycles. The molecule has 3 atom stereocenters. The number of nitrogens with one attached hydrogen (secondary N) is 1. The zero-order valence-electron chi connectivity index (χ0n) is 12.3. The van der Waals surface area contributed by atoms with Crippen LogP contribution in [0.2, 0.25) is 5.02 Å². The van der Waals surface area contributed by atoms with Crippen molar-refractivity contribution >= 4 is 17.3 Å². The van der Waals surface area contributed by atoms with Crippen LogP contribution in [0, 0.1) is 18.7 Å². The van der Waals surface area contributed by atoms with Gasteiger partial charge in [0.1, 0.15) is 5.82 Å². The first-order chi connectivity index (χ1) is 10.6. The molecular weight excluding hydrogens is 297 g/mol. The summed E-state index contributed by atoms with van der Waals surface area (Å²) in [7, 11) is 0. The number of allylic oxidation sites excluding steroid dienone is 2. The summed E-state index contributed by atoms with van der Waals surface area (Å²) in [5, 5.41) is 4.35. The standard InChI is InChI=1S/C19H17ClFN/c1-11-9-12(20)10-16-13-6-4-7-14(13)19(22-18(11)16)15-5-2-3-8-17(15)21/h2-6,8-10,13-14,19,22H,7H2,1H3/t13-,14-,19-/m0/s1. The lowest BCUT2D eigenvalue weighted by Gasteiger charge is -2.38. The lowest BCUT2D eigenvalue weighted by atomic mass is 9.76. The second-order valence-electron chi connectivity index (χ2n) is 6.18. The van der Waals surface area contributed by atoms with E-state index in [1.54, 1.807) is 12.1 Å². The monoisotopic (exact) mass is 313 g/mol. The summed E-state index contributed by atoms with van der Waals surface area (Å²) in [5.74, 6) is 0.501. The lowest BCUT2D eigenvalue weighted by molar-refractivity contribution is 0.413. The summed E-state index contributed by atoms with van der Waals surface area (Å²) >= 11 is 6.24. The Bertz CT molecular complexity index is 768. The largest absolute Gasteiger partial charge is 0.377 e. The minimum atomic E-state index is -0.138. The summed E-state index contributed by atoms with van der Waals surface area (Å²) in [6.07, 6.45) is 5.41. The molecule has 0 bridgehead atoms. The van der Waals surface area contributed by atoms with Crippen molar-refractivity contribution in [3.8, 4) is 0 Å². The zero-order valence-corrected chi connectivity index (χ0v) is 13.1. The highest BCUT2D eigenvalue weighted by Crippen LogP contribution is 2.51. The quantitative estimate of drug-likeness (QED) is 0.674. The molecule has 0 unspecified atom stereocenters. The molecule has 0 saturated carbocycles. The van der Waals surface area contributed by atoms with Crippen LogP contribution in [-0.2, 0) is 0 Å². The first-order valence-corrected chi connectivity index (χ1v) is 8.00. The van der Waals surface area contributed by atoms with Crippen LogP contribution in [-0.4, -0.2) is 0 Å². The number of aryl methyl sites for hydroxylation is 1. The molecule has 1 nitrogen and oxygen atoms in total. The Kier molecular flexibility index (Phi) is 3.23. The number of benzene rings is 2. The molecule has 0 amide bonds. The molecule has 0 saturated heterocycles. The van der Waals surface area contributed by atoms with Crippen LogP contribution in [0.25, 0.3) is 0 Å². The molecule has 0 spiro atoms. The molecule has 3 heteroatoms. The van der Waals surface area contributed by atoms with E-state index in [0.29, 0.717) is 11.8 Å². The van der Waals surface area contributed by atoms with Gasteiger partial charge < -0.3 is 5.32 Å². The van der Waals surface area contributed by atoms with Crippen molar-refractivity contribution in [3.63, 3.8) is 0 Å². The van der Waals surface area contributed by atoms with Gasteiger partial charge in [-0.2, -0.15) is 0 Å². The predicted octanol–water partition coefficient (Wildman–Crippen LogP) is 5.61. The van der Waals surface area contributed by atoms with Gasteiger partial charge in [0.15, 0.2) is 0 Å². The molecule has 0 fully saturated rings. The Morgan fingerprint density at radius 2 is 2.00 bits per heavy atom. The highest BCUT2D eigenvalue weighted by atomic mass is 35.5. The molecule has 22 heavy (non-hydrogen) atoms. The van der Waals surface area contributed by atoms with Crippen molar-refractivity contribution in [2.75, 3.05) is 5.32 Å². The normalized spacial score (nSPS) is 25.5. The minimum Gasteiger partial charge on any atom is -0.377 e. The van der Waals surface area contributed by atoms with E-state index in [1.807, 2.05) is 24.3 Å². The molecule has 112 valence electrons. The number of rotatable bonds is 1. The average Bonchev–Trinajstić information content (AvgIpc) is 2.97. The van der Waals surface area contributed by atoms with Crippen molar-refractivity contribution in [1.29, 1.82) is 0 Å². The first-order valence-electron chi connectivity index (χ1n) is 7.63. The Morgan fingerprint density at radius 3 is 2.82 bits per heavy atom. The summed E-state index contributed by atoms with van der Waals surface area (Å²) in [5.41, 5.74) is 4.20. The van der Waals surface area contributed by atoms with E-state index < -0.39 is 0 Å². The molecule has 1 aliphatic carbocycles. The van der Waals surface area contributed by atoms with Crippen molar-refractivity contribution in [2.45, 2.75) is 25.3 Å². The van der Waals surface area contributed by atoms with E-state index in [-0.39, 0.29) is 11.9 Å². The highest BCUT2D eigenvalue weighted by Gasteiger charge is 2.39. The van der Waals surface area contributed by atoms with Gasteiger partial charge in [-0.05, 0) is 48.6 Å². The highest BCUT2D eigenvalue weighted by molar-refractivity contribution is 6.30. The maximum Gasteiger partial charge on any atom is 0.128 e. The second-order valence-corrected chi connectivity index (χ2v) is 6.62. The van der Waals surface area contributed by atoms with Gasteiger partial charge in [0.05, 0.1) is 6.04 Å². The SMILES string of the molecule is Cc1cc(Cl)cc2c1N[C@H](c1ccccc1F)[C@H]1CC=C[C@H]21. The third-order valence-electron chi connectivity index (χ3n) is 4.87. The van der Waals surface area contributed by atoms with Crippen LogP contribution in [0.3, 0.4) is 0 Å². The van der Waals surface area contributed by atoms with Crippen molar-refractivity contribution in [2.24, 2.45) is 5.92 Å². The van der Waals surface area contributed by atoms with Crippen molar-refractivity contribution < 1.29 is 4.39 Å². The minimum absolute atomic E-state index is 0.00595. The average molecular weight is 314 g/mol. The maximum atomic E-state index is 14.3. The third kappa shape index (κ3) is 2.05. The van der Waals surface area contributed by atoms with Gasteiger partial charge in [0.25, 0.3) is 0 Å². The molecule has 4 rings (SSSR count). The molecule has 2 aliphatic rings. The van der Waals surface area contributed by atoms with E-state index in [4.69, 9.17) is 11.6 Å². The topological polar surface area (TPSA) is 12.0 Å². The molecule has 1 aliphatic heterocycles. The van der Waals surface area contributed by atoms with E-state index >= 15 is 0 Å². The van der Waals surface area contributed by atoms with E-state index in [9.17, 15) is 4.39 Å². The van der Waals surface area contributed by atoms with E-state index in [1.165, 1.54) is 5.56 Å².